The van der Waals surface area contributed by atoms with Crippen molar-refractivity contribution < 1.29 is 0 Å². The monoisotopic (exact) mass is 824 g/mol. The van der Waals surface area contributed by atoms with Crippen LogP contribution in [0.1, 0.15) is 104 Å². The van der Waals surface area contributed by atoms with Gasteiger partial charge in [-0.25, -0.2) is 0 Å². The van der Waals surface area contributed by atoms with Crippen molar-refractivity contribution in [3.8, 4) is 22.3 Å². The van der Waals surface area contributed by atoms with Gasteiger partial charge in [0, 0.05) is 33.7 Å². The van der Waals surface area contributed by atoms with Crippen LogP contribution < -0.4 is 20.6 Å². The van der Waals surface area contributed by atoms with Crippen molar-refractivity contribution >= 4 is 46.2 Å². The molecule has 0 aromatic heterocycles. The molecule has 0 fully saturated rings. The minimum Gasteiger partial charge on any atom is -0.376 e. The number of hydrogen-bond acceptors (Lipinski definition) is 2. The SMILES string of the molecule is Cc1cc2c3c(c1)N1c4ccccc4C(c4ccccc4)(c4ccccc4)c4cccc(c41)B3N(c1ccc3c(c1)C(C)(C)CCC3(C)C)c1c-2ccc2c1C(C)(C)c1ccccc1-2. The Labute approximate surface area is 379 Å². The Balaban J connectivity index is 1.19. The highest BCUT2D eigenvalue weighted by atomic mass is 15.2. The van der Waals surface area contributed by atoms with Gasteiger partial charge in [-0.05, 0) is 133 Å². The number of anilines is 5. The minimum absolute atomic E-state index is 0.0533. The molecule has 0 N–H and O–H groups in total. The topological polar surface area (TPSA) is 6.48 Å². The van der Waals surface area contributed by atoms with Crippen LogP contribution in [0.4, 0.5) is 28.4 Å². The summed E-state index contributed by atoms with van der Waals surface area (Å²) in [6.07, 6.45) is 2.36. The fourth-order valence-electron chi connectivity index (χ4n) is 13.3. The minimum atomic E-state index is -0.561. The Bertz CT molecular complexity index is 3240. The molecule has 64 heavy (non-hydrogen) atoms. The zero-order valence-electron chi connectivity index (χ0n) is 38.1. The second kappa shape index (κ2) is 12.8. The highest BCUT2D eigenvalue weighted by Crippen LogP contribution is 2.62. The van der Waals surface area contributed by atoms with Crippen LogP contribution in [0.5, 0.6) is 0 Å². The fourth-order valence-corrected chi connectivity index (χ4v) is 13.3. The molecule has 0 saturated heterocycles. The van der Waals surface area contributed by atoms with Crippen LogP contribution in [0, 0.1) is 6.92 Å². The second-order valence-electron chi connectivity index (χ2n) is 21.1. The Hall–Kier alpha value is -6.58. The summed E-state index contributed by atoms with van der Waals surface area (Å²) in [5.74, 6) is 0. The molecule has 8 aromatic carbocycles. The molecule has 0 atom stereocenters. The van der Waals surface area contributed by atoms with Crippen LogP contribution in [0.25, 0.3) is 22.3 Å². The third-order valence-electron chi connectivity index (χ3n) is 16.4. The van der Waals surface area contributed by atoms with Gasteiger partial charge in [-0.3, -0.25) is 0 Å². The van der Waals surface area contributed by atoms with E-state index in [-0.39, 0.29) is 23.1 Å². The quantitative estimate of drug-likeness (QED) is 0.164. The molecule has 0 bridgehead atoms. The Morgan fingerprint density at radius 2 is 1.08 bits per heavy atom. The van der Waals surface area contributed by atoms with Crippen LogP contribution in [-0.4, -0.2) is 6.85 Å². The van der Waals surface area contributed by atoms with Crippen LogP contribution in [0.2, 0.25) is 0 Å². The second-order valence-corrected chi connectivity index (χ2v) is 21.1. The molecule has 3 aliphatic heterocycles. The first-order valence-corrected chi connectivity index (χ1v) is 23.4. The number of nitrogens with zero attached hydrogens (tertiary/aromatic N) is 2. The predicted octanol–water partition coefficient (Wildman–Crippen LogP) is 14.1. The zero-order chi connectivity index (χ0) is 43.5. The molecule has 13 rings (SSSR count). The van der Waals surface area contributed by atoms with Gasteiger partial charge in [0.1, 0.15) is 0 Å². The summed E-state index contributed by atoms with van der Waals surface area (Å²) in [5.41, 5.74) is 26.2. The van der Waals surface area contributed by atoms with E-state index in [1.54, 1.807) is 0 Å². The van der Waals surface area contributed by atoms with Gasteiger partial charge in [0.2, 0.25) is 0 Å². The van der Waals surface area contributed by atoms with Gasteiger partial charge in [-0.2, -0.15) is 0 Å². The molecular formula is C61H53BN2. The third kappa shape index (κ3) is 4.72. The van der Waals surface area contributed by atoms with E-state index in [9.17, 15) is 0 Å². The molecule has 0 saturated carbocycles. The molecule has 0 radical (unpaired) electrons. The largest absolute Gasteiger partial charge is 0.376 e. The van der Waals surface area contributed by atoms with Gasteiger partial charge in [-0.1, -0.05) is 187 Å². The molecule has 3 heteroatoms. The molecule has 310 valence electrons. The van der Waals surface area contributed by atoms with E-state index in [0.29, 0.717) is 0 Å². The van der Waals surface area contributed by atoms with Gasteiger partial charge in [0.25, 0.3) is 0 Å². The number of para-hydroxylation sites is 2. The van der Waals surface area contributed by atoms with Gasteiger partial charge < -0.3 is 9.71 Å². The van der Waals surface area contributed by atoms with Gasteiger partial charge in [0.05, 0.1) is 11.1 Å². The number of hydrogen-bond donors (Lipinski definition) is 0. The van der Waals surface area contributed by atoms with Crippen molar-refractivity contribution in [2.75, 3.05) is 9.71 Å². The summed E-state index contributed by atoms with van der Waals surface area (Å²) in [7, 11) is 0. The Kier molecular flexibility index (Phi) is 7.58. The van der Waals surface area contributed by atoms with E-state index < -0.39 is 5.41 Å². The van der Waals surface area contributed by atoms with Crippen LogP contribution in [-0.2, 0) is 21.7 Å². The summed E-state index contributed by atoms with van der Waals surface area (Å²) in [6, 6.07) is 65.7. The maximum Gasteiger partial charge on any atom is 0.333 e. The van der Waals surface area contributed by atoms with Gasteiger partial charge in [-0.15, -0.1) is 0 Å². The summed E-state index contributed by atoms with van der Waals surface area (Å²) in [5, 5.41) is 0. The first-order valence-electron chi connectivity index (χ1n) is 23.4. The van der Waals surface area contributed by atoms with E-state index in [1.807, 2.05) is 0 Å². The molecule has 8 aromatic rings. The molecule has 0 amide bonds. The van der Waals surface area contributed by atoms with Crippen LogP contribution in [0.15, 0.2) is 170 Å². The van der Waals surface area contributed by atoms with E-state index in [4.69, 9.17) is 0 Å². The van der Waals surface area contributed by atoms with E-state index in [1.165, 1.54) is 125 Å². The lowest BCUT2D eigenvalue weighted by molar-refractivity contribution is 0.332. The molecule has 0 spiro atoms. The van der Waals surface area contributed by atoms with E-state index in [0.717, 1.165) is 0 Å². The fraction of sp³-hybridized carbons (Fsp3) is 0.213. The van der Waals surface area contributed by atoms with Crippen LogP contribution in [0.3, 0.4) is 0 Å². The molecular weight excluding hydrogens is 771 g/mol. The number of fused-ring (bicyclic) bond motifs is 11. The number of aryl methyl sites for hydroxylation is 1. The van der Waals surface area contributed by atoms with Crippen molar-refractivity contribution in [3.63, 3.8) is 0 Å². The maximum absolute atomic E-state index is 2.82. The lowest BCUT2D eigenvalue weighted by atomic mass is 9.42. The number of benzene rings is 8. The van der Waals surface area contributed by atoms with Crippen molar-refractivity contribution in [2.45, 2.75) is 83.0 Å². The lowest BCUT2D eigenvalue weighted by Crippen LogP contribution is -2.63. The van der Waals surface area contributed by atoms with Crippen molar-refractivity contribution in [1.82, 2.24) is 0 Å². The standard InChI is InChI=1S/C61H53BN2/c1-38-35-45-44-31-30-43-42-23-14-15-24-46(42)60(6,7)54(43)56(44)64(41-29-32-47-50(37-41)59(4,5)34-33-58(47,2)3)62-51-27-18-26-49-57(51)63(53(36-38)55(45)62)52-28-17-16-25-48(52)61(49,39-19-10-8-11-20-39)40-21-12-9-13-22-40/h8-32,35-37H,33-34H2,1-7H3. The summed E-state index contributed by atoms with van der Waals surface area (Å²) in [6.45, 7) is 17.0. The van der Waals surface area contributed by atoms with Crippen LogP contribution >= 0.6 is 0 Å². The van der Waals surface area contributed by atoms with E-state index >= 15 is 0 Å². The third-order valence-corrected chi connectivity index (χ3v) is 16.4. The van der Waals surface area contributed by atoms with E-state index in [2.05, 4.69) is 228 Å². The van der Waals surface area contributed by atoms with Gasteiger partial charge in [0.15, 0.2) is 0 Å². The highest BCUT2D eigenvalue weighted by molar-refractivity contribution is 6.93. The average molecular weight is 825 g/mol. The number of rotatable bonds is 3. The van der Waals surface area contributed by atoms with Gasteiger partial charge >= 0.3 is 6.85 Å². The molecule has 2 nitrogen and oxygen atoms in total. The molecule has 3 heterocycles. The van der Waals surface area contributed by atoms with Crippen molar-refractivity contribution in [3.05, 3.63) is 220 Å². The maximum atomic E-state index is 2.82. The zero-order valence-corrected chi connectivity index (χ0v) is 38.1. The smallest absolute Gasteiger partial charge is 0.333 e. The Morgan fingerprint density at radius 1 is 0.453 bits per heavy atom. The highest BCUT2D eigenvalue weighted by Gasteiger charge is 2.54. The summed E-state index contributed by atoms with van der Waals surface area (Å²) < 4.78 is 0. The summed E-state index contributed by atoms with van der Waals surface area (Å²) >= 11 is 0. The lowest BCUT2D eigenvalue weighted by Gasteiger charge is -2.52. The normalized spacial score (nSPS) is 17.9. The van der Waals surface area contributed by atoms with Crippen molar-refractivity contribution in [2.24, 2.45) is 0 Å². The average Bonchev–Trinajstić information content (AvgIpc) is 3.55. The first-order chi connectivity index (χ1) is 30.9. The first kappa shape index (κ1) is 37.9. The molecule has 5 aliphatic rings. The molecule has 2 aliphatic carbocycles. The predicted molar refractivity (Wildman–Crippen MR) is 270 cm³/mol. The summed E-state index contributed by atoms with van der Waals surface area (Å²) in [4.78, 5) is 5.47. The Morgan fingerprint density at radius 3 is 1.81 bits per heavy atom. The molecule has 0 unspecified atom stereocenters. The van der Waals surface area contributed by atoms with Crippen molar-refractivity contribution in [1.29, 1.82) is 0 Å².